The topological polar surface area (TPSA) is 57.3 Å². The minimum absolute atomic E-state index is 0.204. The number of hydrogen-bond acceptors (Lipinski definition) is 4. The first-order chi connectivity index (χ1) is 11.5. The van der Waals surface area contributed by atoms with Gasteiger partial charge in [0.25, 0.3) is 5.91 Å². The molecule has 24 heavy (non-hydrogen) atoms. The monoisotopic (exact) mass is 334 g/mol. The molecule has 2 aromatic rings. The standard InChI is InChI=1S/C17H20F2N4O/c1-23(2)9-3-7-21-17(24)12-6-8-20-16(10-12)22-13-4-5-14(18)15(19)11-13/h4-6,8,10-11H,3,7,9H2,1-2H3,(H,20,22)(H,21,24). The lowest BCUT2D eigenvalue weighted by molar-refractivity contribution is 0.0952. The first-order valence-electron chi connectivity index (χ1n) is 7.57. The van der Waals surface area contributed by atoms with Gasteiger partial charge in [0.1, 0.15) is 5.82 Å². The van der Waals surface area contributed by atoms with Crippen molar-refractivity contribution in [2.45, 2.75) is 6.42 Å². The van der Waals surface area contributed by atoms with Crippen LogP contribution in [0.4, 0.5) is 20.3 Å². The van der Waals surface area contributed by atoms with Crippen molar-refractivity contribution < 1.29 is 13.6 Å². The van der Waals surface area contributed by atoms with Crippen molar-refractivity contribution in [1.29, 1.82) is 0 Å². The zero-order valence-electron chi connectivity index (χ0n) is 13.6. The van der Waals surface area contributed by atoms with E-state index in [1.807, 2.05) is 19.0 Å². The number of carbonyl (C=O) groups is 1. The summed E-state index contributed by atoms with van der Waals surface area (Å²) in [5.74, 6) is -1.69. The SMILES string of the molecule is CN(C)CCCNC(=O)c1ccnc(Nc2ccc(F)c(F)c2)c1. The van der Waals surface area contributed by atoms with Gasteiger partial charge in [-0.1, -0.05) is 0 Å². The van der Waals surface area contributed by atoms with Gasteiger partial charge in [0.05, 0.1) is 0 Å². The van der Waals surface area contributed by atoms with E-state index in [0.29, 0.717) is 23.6 Å². The first-order valence-corrected chi connectivity index (χ1v) is 7.57. The third kappa shape index (κ3) is 5.27. The summed E-state index contributed by atoms with van der Waals surface area (Å²) in [6.07, 6.45) is 2.33. The Kier molecular flexibility index (Phi) is 6.20. The Bertz CT molecular complexity index is 707. The van der Waals surface area contributed by atoms with Crippen LogP contribution in [0.5, 0.6) is 0 Å². The van der Waals surface area contributed by atoms with E-state index in [4.69, 9.17) is 0 Å². The van der Waals surface area contributed by atoms with Crippen molar-refractivity contribution in [3.63, 3.8) is 0 Å². The number of rotatable bonds is 7. The van der Waals surface area contributed by atoms with Gasteiger partial charge >= 0.3 is 0 Å². The molecule has 128 valence electrons. The number of amides is 1. The summed E-state index contributed by atoms with van der Waals surface area (Å²) in [4.78, 5) is 18.2. The number of nitrogens with one attached hydrogen (secondary N) is 2. The van der Waals surface area contributed by atoms with Gasteiger partial charge in [-0.3, -0.25) is 4.79 Å². The predicted octanol–water partition coefficient (Wildman–Crippen LogP) is 2.78. The van der Waals surface area contributed by atoms with Crippen LogP contribution in [0.1, 0.15) is 16.8 Å². The Morgan fingerprint density at radius 3 is 2.67 bits per heavy atom. The lowest BCUT2D eigenvalue weighted by Crippen LogP contribution is -2.27. The Balaban J connectivity index is 1.97. The van der Waals surface area contributed by atoms with E-state index in [1.54, 1.807) is 12.1 Å². The highest BCUT2D eigenvalue weighted by molar-refractivity contribution is 5.94. The van der Waals surface area contributed by atoms with Crippen LogP contribution in [0, 0.1) is 11.6 Å². The number of halogens is 2. The van der Waals surface area contributed by atoms with Gasteiger partial charge in [-0.25, -0.2) is 13.8 Å². The van der Waals surface area contributed by atoms with Crippen LogP contribution in [-0.2, 0) is 0 Å². The number of nitrogens with zero attached hydrogens (tertiary/aromatic N) is 2. The second-order valence-corrected chi connectivity index (χ2v) is 5.60. The molecule has 0 spiro atoms. The Hall–Kier alpha value is -2.54. The molecular formula is C17H20F2N4O. The fourth-order valence-corrected chi connectivity index (χ4v) is 2.06. The summed E-state index contributed by atoms with van der Waals surface area (Å²) in [6.45, 7) is 1.46. The maximum atomic E-state index is 13.2. The second-order valence-electron chi connectivity index (χ2n) is 5.60. The second kappa shape index (κ2) is 8.35. The van der Waals surface area contributed by atoms with E-state index in [0.717, 1.165) is 25.1 Å². The molecule has 2 N–H and O–H groups in total. The minimum atomic E-state index is -0.949. The molecule has 1 heterocycles. The van der Waals surface area contributed by atoms with Gasteiger partial charge in [-0.15, -0.1) is 0 Å². The lowest BCUT2D eigenvalue weighted by atomic mass is 10.2. The zero-order chi connectivity index (χ0) is 17.5. The molecule has 0 fully saturated rings. The molecule has 7 heteroatoms. The molecule has 0 aliphatic heterocycles. The molecule has 1 amide bonds. The molecule has 0 aliphatic rings. The van der Waals surface area contributed by atoms with Gasteiger partial charge in [-0.2, -0.15) is 0 Å². The fraction of sp³-hybridized carbons (Fsp3) is 0.294. The Labute approximate surface area is 139 Å². The normalized spacial score (nSPS) is 10.7. The largest absolute Gasteiger partial charge is 0.352 e. The number of aromatic nitrogens is 1. The number of pyridine rings is 1. The summed E-state index contributed by atoms with van der Waals surface area (Å²) in [5, 5.41) is 5.68. The smallest absolute Gasteiger partial charge is 0.251 e. The van der Waals surface area contributed by atoms with Crippen LogP contribution in [-0.4, -0.2) is 43.0 Å². The Morgan fingerprint density at radius 2 is 1.96 bits per heavy atom. The van der Waals surface area contributed by atoms with Crippen molar-refractivity contribution >= 4 is 17.4 Å². The molecule has 0 saturated carbocycles. The number of carbonyl (C=O) groups excluding carboxylic acids is 1. The van der Waals surface area contributed by atoms with Crippen LogP contribution < -0.4 is 10.6 Å². The molecular weight excluding hydrogens is 314 g/mol. The fourth-order valence-electron chi connectivity index (χ4n) is 2.06. The van der Waals surface area contributed by atoms with Gasteiger partial charge in [0, 0.05) is 30.1 Å². The molecule has 1 aromatic carbocycles. The van der Waals surface area contributed by atoms with Crippen LogP contribution in [0.15, 0.2) is 36.5 Å². The summed E-state index contributed by atoms with van der Waals surface area (Å²) in [7, 11) is 3.95. The molecule has 0 bridgehead atoms. The van der Waals surface area contributed by atoms with Crippen molar-refractivity contribution in [3.05, 3.63) is 53.7 Å². The number of anilines is 2. The summed E-state index contributed by atoms with van der Waals surface area (Å²) in [5.41, 5.74) is 0.796. The van der Waals surface area contributed by atoms with E-state index < -0.39 is 11.6 Å². The number of hydrogen-bond donors (Lipinski definition) is 2. The first kappa shape index (κ1) is 17.8. The van der Waals surface area contributed by atoms with E-state index in [-0.39, 0.29) is 5.91 Å². The van der Waals surface area contributed by atoms with E-state index in [2.05, 4.69) is 15.6 Å². The average Bonchev–Trinajstić information content (AvgIpc) is 2.55. The predicted molar refractivity (Wildman–Crippen MR) is 89.4 cm³/mol. The molecule has 5 nitrogen and oxygen atoms in total. The highest BCUT2D eigenvalue weighted by Crippen LogP contribution is 2.18. The highest BCUT2D eigenvalue weighted by atomic mass is 19.2. The molecule has 0 unspecified atom stereocenters. The molecule has 1 aromatic heterocycles. The van der Waals surface area contributed by atoms with Gasteiger partial charge in [-0.05, 0) is 51.3 Å². The van der Waals surface area contributed by atoms with Crippen LogP contribution in [0.2, 0.25) is 0 Å². The molecule has 0 atom stereocenters. The van der Waals surface area contributed by atoms with Gasteiger partial charge in [0.15, 0.2) is 11.6 Å². The molecule has 0 saturated heterocycles. The molecule has 2 rings (SSSR count). The average molecular weight is 334 g/mol. The zero-order valence-corrected chi connectivity index (χ0v) is 13.6. The van der Waals surface area contributed by atoms with Crippen LogP contribution in [0.25, 0.3) is 0 Å². The van der Waals surface area contributed by atoms with Gasteiger partial charge in [0.2, 0.25) is 0 Å². The lowest BCUT2D eigenvalue weighted by Gasteiger charge is -2.10. The quantitative estimate of drug-likeness (QED) is 0.765. The van der Waals surface area contributed by atoms with Crippen molar-refractivity contribution in [2.24, 2.45) is 0 Å². The van der Waals surface area contributed by atoms with Crippen molar-refractivity contribution in [2.75, 3.05) is 32.5 Å². The van der Waals surface area contributed by atoms with Crippen molar-refractivity contribution in [3.8, 4) is 0 Å². The van der Waals surface area contributed by atoms with E-state index >= 15 is 0 Å². The Morgan fingerprint density at radius 1 is 1.17 bits per heavy atom. The maximum Gasteiger partial charge on any atom is 0.251 e. The maximum absolute atomic E-state index is 13.2. The van der Waals surface area contributed by atoms with Crippen molar-refractivity contribution in [1.82, 2.24) is 15.2 Å². The summed E-state index contributed by atoms with van der Waals surface area (Å²) in [6, 6.07) is 6.61. The van der Waals surface area contributed by atoms with Crippen LogP contribution >= 0.6 is 0 Å². The molecule has 0 aliphatic carbocycles. The summed E-state index contributed by atoms with van der Waals surface area (Å²) < 4.78 is 26.1. The number of benzene rings is 1. The van der Waals surface area contributed by atoms with Gasteiger partial charge < -0.3 is 15.5 Å². The minimum Gasteiger partial charge on any atom is -0.352 e. The van der Waals surface area contributed by atoms with Crippen LogP contribution in [0.3, 0.4) is 0 Å². The molecule has 0 radical (unpaired) electrons. The third-order valence-electron chi connectivity index (χ3n) is 3.28. The van der Waals surface area contributed by atoms with E-state index in [1.165, 1.54) is 12.3 Å². The highest BCUT2D eigenvalue weighted by Gasteiger charge is 2.08. The summed E-state index contributed by atoms with van der Waals surface area (Å²) >= 11 is 0. The van der Waals surface area contributed by atoms with E-state index in [9.17, 15) is 13.6 Å². The third-order valence-corrected chi connectivity index (χ3v) is 3.28.